The predicted octanol–water partition coefficient (Wildman–Crippen LogP) is 3.02. The summed E-state index contributed by atoms with van der Waals surface area (Å²) in [7, 11) is 2.97. The van der Waals surface area contributed by atoms with Crippen molar-refractivity contribution in [2.75, 3.05) is 19.5 Å². The molecule has 0 fully saturated rings. The molecule has 4 heteroatoms. The molecule has 1 unspecified atom stereocenters. The smallest absolute Gasteiger partial charge is 0.332 e. The first-order valence-corrected chi connectivity index (χ1v) is 6.28. The molecule has 0 aliphatic rings. The van der Waals surface area contributed by atoms with Gasteiger partial charge in [0.05, 0.1) is 14.2 Å². The SMILES string of the molecule is COC(=O)C(Nc1ccccc1)c1cccc(OC)c1. The second-order valence-corrected chi connectivity index (χ2v) is 4.24. The number of anilines is 1. The summed E-state index contributed by atoms with van der Waals surface area (Å²) in [4.78, 5) is 12.0. The van der Waals surface area contributed by atoms with E-state index >= 15 is 0 Å². The van der Waals surface area contributed by atoms with Gasteiger partial charge in [-0.25, -0.2) is 4.79 Å². The summed E-state index contributed by atoms with van der Waals surface area (Å²) in [5, 5.41) is 3.17. The fourth-order valence-corrected chi connectivity index (χ4v) is 1.92. The fourth-order valence-electron chi connectivity index (χ4n) is 1.92. The zero-order valence-corrected chi connectivity index (χ0v) is 11.5. The maximum absolute atomic E-state index is 12.0. The highest BCUT2D eigenvalue weighted by Gasteiger charge is 2.21. The lowest BCUT2D eigenvalue weighted by atomic mass is 10.1. The van der Waals surface area contributed by atoms with Crippen molar-refractivity contribution in [3.05, 3.63) is 60.2 Å². The van der Waals surface area contributed by atoms with Gasteiger partial charge in [0.1, 0.15) is 5.75 Å². The molecule has 1 atom stereocenters. The van der Waals surface area contributed by atoms with Gasteiger partial charge in [0.2, 0.25) is 0 Å². The average Bonchev–Trinajstić information content (AvgIpc) is 2.53. The van der Waals surface area contributed by atoms with Crippen LogP contribution in [0.25, 0.3) is 0 Å². The molecule has 20 heavy (non-hydrogen) atoms. The van der Waals surface area contributed by atoms with Gasteiger partial charge in [-0.3, -0.25) is 0 Å². The van der Waals surface area contributed by atoms with Gasteiger partial charge >= 0.3 is 5.97 Å². The Morgan fingerprint density at radius 1 is 1.05 bits per heavy atom. The summed E-state index contributed by atoms with van der Waals surface area (Å²) in [5.41, 5.74) is 1.64. The summed E-state index contributed by atoms with van der Waals surface area (Å²) in [6.45, 7) is 0. The van der Waals surface area contributed by atoms with Crippen molar-refractivity contribution in [1.82, 2.24) is 0 Å². The van der Waals surface area contributed by atoms with Crippen molar-refractivity contribution < 1.29 is 14.3 Å². The molecule has 0 aliphatic heterocycles. The highest BCUT2D eigenvalue weighted by atomic mass is 16.5. The number of ether oxygens (including phenoxy) is 2. The molecule has 0 bridgehead atoms. The summed E-state index contributed by atoms with van der Waals surface area (Å²) >= 11 is 0. The predicted molar refractivity (Wildman–Crippen MR) is 77.8 cm³/mol. The number of nitrogens with one attached hydrogen (secondary N) is 1. The number of methoxy groups -OCH3 is 2. The highest BCUT2D eigenvalue weighted by molar-refractivity contribution is 5.81. The Hall–Kier alpha value is -2.49. The third-order valence-electron chi connectivity index (χ3n) is 2.95. The van der Waals surface area contributed by atoms with E-state index in [2.05, 4.69) is 5.32 Å². The quantitative estimate of drug-likeness (QED) is 0.849. The Bertz CT molecular complexity index is 569. The van der Waals surface area contributed by atoms with Crippen molar-refractivity contribution in [3.8, 4) is 5.75 Å². The lowest BCUT2D eigenvalue weighted by Gasteiger charge is -2.18. The van der Waals surface area contributed by atoms with Crippen LogP contribution in [-0.4, -0.2) is 20.2 Å². The molecule has 0 aliphatic carbocycles. The molecular formula is C16H17NO3. The van der Waals surface area contributed by atoms with E-state index in [1.54, 1.807) is 7.11 Å². The third kappa shape index (κ3) is 3.29. The first kappa shape index (κ1) is 13.9. The van der Waals surface area contributed by atoms with E-state index in [9.17, 15) is 4.79 Å². The maximum Gasteiger partial charge on any atom is 0.332 e. The Morgan fingerprint density at radius 2 is 1.80 bits per heavy atom. The molecule has 104 valence electrons. The summed E-state index contributed by atoms with van der Waals surface area (Å²) < 4.78 is 10.1. The molecule has 4 nitrogen and oxygen atoms in total. The maximum atomic E-state index is 12.0. The van der Waals surface area contributed by atoms with Crippen LogP contribution in [0.2, 0.25) is 0 Å². The number of hydrogen-bond acceptors (Lipinski definition) is 4. The minimum absolute atomic E-state index is 0.345. The summed E-state index contributed by atoms with van der Waals surface area (Å²) in [6.07, 6.45) is 0. The van der Waals surface area contributed by atoms with Crippen LogP contribution in [0.4, 0.5) is 5.69 Å². The van der Waals surface area contributed by atoms with Crippen LogP contribution in [-0.2, 0) is 9.53 Å². The van der Waals surface area contributed by atoms with Crippen molar-refractivity contribution in [3.63, 3.8) is 0 Å². The van der Waals surface area contributed by atoms with Gasteiger partial charge in [-0.1, -0.05) is 30.3 Å². The number of hydrogen-bond donors (Lipinski definition) is 1. The van der Waals surface area contributed by atoms with Crippen LogP contribution in [0, 0.1) is 0 Å². The molecule has 0 saturated heterocycles. The van der Waals surface area contributed by atoms with E-state index in [1.165, 1.54) is 7.11 Å². The molecule has 1 N–H and O–H groups in total. The number of rotatable bonds is 5. The van der Waals surface area contributed by atoms with Gasteiger partial charge in [-0.15, -0.1) is 0 Å². The number of carbonyl (C=O) groups excluding carboxylic acids is 1. The molecule has 0 aromatic heterocycles. The fraction of sp³-hybridized carbons (Fsp3) is 0.188. The van der Waals surface area contributed by atoms with E-state index in [1.807, 2.05) is 54.6 Å². The minimum atomic E-state index is -0.572. The van der Waals surface area contributed by atoms with Crippen LogP contribution in [0.1, 0.15) is 11.6 Å². The number of esters is 1. The van der Waals surface area contributed by atoms with Crippen LogP contribution < -0.4 is 10.1 Å². The molecular weight excluding hydrogens is 254 g/mol. The largest absolute Gasteiger partial charge is 0.497 e. The second kappa shape index (κ2) is 6.61. The topological polar surface area (TPSA) is 47.6 Å². The van der Waals surface area contributed by atoms with E-state index < -0.39 is 6.04 Å². The van der Waals surface area contributed by atoms with Crippen molar-refractivity contribution in [2.45, 2.75) is 6.04 Å². The Balaban J connectivity index is 2.29. The first-order chi connectivity index (χ1) is 9.74. The molecule has 2 aromatic rings. The van der Waals surface area contributed by atoms with E-state index in [0.717, 1.165) is 11.3 Å². The number of para-hydroxylation sites is 1. The molecule has 2 rings (SSSR count). The Kier molecular flexibility index (Phi) is 4.60. The van der Waals surface area contributed by atoms with Crippen molar-refractivity contribution in [1.29, 1.82) is 0 Å². The third-order valence-corrected chi connectivity index (χ3v) is 2.95. The molecule has 0 radical (unpaired) electrons. The highest BCUT2D eigenvalue weighted by Crippen LogP contribution is 2.24. The second-order valence-electron chi connectivity index (χ2n) is 4.24. The summed E-state index contributed by atoms with van der Waals surface area (Å²) in [6, 6.07) is 16.3. The molecule has 0 amide bonds. The molecule has 2 aromatic carbocycles. The standard InChI is InChI=1S/C16H17NO3/c1-19-14-10-6-7-12(11-14)15(16(18)20-2)17-13-8-4-3-5-9-13/h3-11,15,17H,1-2H3. The summed E-state index contributed by atoms with van der Waals surface area (Å²) in [5.74, 6) is 0.355. The molecule has 0 heterocycles. The lowest BCUT2D eigenvalue weighted by molar-refractivity contribution is -0.141. The van der Waals surface area contributed by atoms with E-state index in [0.29, 0.717) is 5.75 Å². The number of benzene rings is 2. The average molecular weight is 271 g/mol. The Labute approximate surface area is 118 Å². The van der Waals surface area contributed by atoms with Crippen LogP contribution in [0.15, 0.2) is 54.6 Å². The van der Waals surface area contributed by atoms with Gasteiger partial charge in [0.25, 0.3) is 0 Å². The van der Waals surface area contributed by atoms with Crippen molar-refractivity contribution >= 4 is 11.7 Å². The minimum Gasteiger partial charge on any atom is -0.497 e. The zero-order chi connectivity index (χ0) is 14.4. The van der Waals surface area contributed by atoms with Gasteiger partial charge < -0.3 is 14.8 Å². The van der Waals surface area contributed by atoms with Crippen LogP contribution in [0.3, 0.4) is 0 Å². The lowest BCUT2D eigenvalue weighted by Crippen LogP contribution is -2.22. The van der Waals surface area contributed by atoms with Gasteiger partial charge in [0, 0.05) is 5.69 Å². The first-order valence-electron chi connectivity index (χ1n) is 6.28. The normalized spacial score (nSPS) is 11.5. The Morgan fingerprint density at radius 3 is 2.45 bits per heavy atom. The van der Waals surface area contributed by atoms with Gasteiger partial charge in [-0.2, -0.15) is 0 Å². The molecule has 0 saturated carbocycles. The van der Waals surface area contributed by atoms with Crippen molar-refractivity contribution in [2.24, 2.45) is 0 Å². The van der Waals surface area contributed by atoms with E-state index in [-0.39, 0.29) is 5.97 Å². The van der Waals surface area contributed by atoms with Gasteiger partial charge in [0.15, 0.2) is 6.04 Å². The number of carbonyl (C=O) groups is 1. The molecule has 0 spiro atoms. The monoisotopic (exact) mass is 271 g/mol. The van der Waals surface area contributed by atoms with E-state index in [4.69, 9.17) is 9.47 Å². The van der Waals surface area contributed by atoms with Crippen LogP contribution >= 0.6 is 0 Å². The van der Waals surface area contributed by atoms with Gasteiger partial charge in [-0.05, 0) is 29.8 Å². The van der Waals surface area contributed by atoms with Crippen LogP contribution in [0.5, 0.6) is 5.75 Å². The zero-order valence-electron chi connectivity index (χ0n) is 11.5.